The minimum absolute atomic E-state index is 0.0103. The van der Waals surface area contributed by atoms with E-state index in [1.54, 1.807) is 11.6 Å². The number of imide groups is 1. The predicted octanol–water partition coefficient (Wildman–Crippen LogP) is 5.37. The number of aromatic nitrogens is 3. The van der Waals surface area contributed by atoms with Gasteiger partial charge in [0, 0.05) is 42.8 Å². The van der Waals surface area contributed by atoms with Crippen molar-refractivity contribution in [2.75, 3.05) is 4.90 Å². The van der Waals surface area contributed by atoms with Crippen LogP contribution >= 0.6 is 7.60 Å². The molecule has 7 aromatic rings. The summed E-state index contributed by atoms with van der Waals surface area (Å²) in [7, 11) is -3.40. The number of fused-ring (bicyclic) bond motifs is 2. The van der Waals surface area contributed by atoms with E-state index in [-0.39, 0.29) is 61.4 Å². The van der Waals surface area contributed by atoms with Crippen molar-refractivity contribution in [1.29, 1.82) is 0 Å². The summed E-state index contributed by atoms with van der Waals surface area (Å²) < 4.78 is 14.8. The van der Waals surface area contributed by atoms with Crippen LogP contribution in [0.3, 0.4) is 0 Å². The number of anilines is 1. The second kappa shape index (κ2) is 23.5. The zero-order valence-electron chi connectivity index (χ0n) is 46.0. The highest BCUT2D eigenvalue weighted by Crippen LogP contribution is 2.43. The van der Waals surface area contributed by atoms with Crippen molar-refractivity contribution < 1.29 is 52.7 Å². The van der Waals surface area contributed by atoms with E-state index in [0.29, 0.717) is 40.4 Å². The summed E-state index contributed by atoms with van der Waals surface area (Å²) in [6, 6.07) is 29.0. The molecule has 0 radical (unpaired) electrons. The van der Waals surface area contributed by atoms with E-state index in [2.05, 4.69) is 38.4 Å². The zero-order valence-corrected chi connectivity index (χ0v) is 46.9. The van der Waals surface area contributed by atoms with Gasteiger partial charge in [-0.25, -0.2) is 4.79 Å². The van der Waals surface area contributed by atoms with Crippen LogP contribution in [0.25, 0.3) is 21.9 Å². The van der Waals surface area contributed by atoms with Crippen LogP contribution in [0.4, 0.5) is 5.69 Å². The van der Waals surface area contributed by atoms with Gasteiger partial charge in [0.2, 0.25) is 35.4 Å². The Morgan fingerprint density at radius 3 is 2.06 bits per heavy atom. The molecule has 84 heavy (non-hydrogen) atoms. The number of carbonyl (C=O) groups is 8. The number of benzene rings is 5. The first-order chi connectivity index (χ1) is 40.3. The Labute approximate surface area is 481 Å². The van der Waals surface area contributed by atoms with Gasteiger partial charge in [-0.3, -0.25) is 62.3 Å². The predicted molar refractivity (Wildman–Crippen MR) is 310 cm³/mol. The molecule has 434 valence electrons. The van der Waals surface area contributed by atoms with Crippen LogP contribution in [0.5, 0.6) is 0 Å². The summed E-state index contributed by atoms with van der Waals surface area (Å²) in [6.45, 7) is 0. The second-order valence-electron chi connectivity index (χ2n) is 22.7. The first kappa shape index (κ1) is 57.1. The molecule has 4 aliphatic rings. The summed E-state index contributed by atoms with van der Waals surface area (Å²) in [4.78, 5) is 145. The van der Waals surface area contributed by atoms with E-state index in [9.17, 15) is 52.7 Å². The third-order valence-electron chi connectivity index (χ3n) is 17.1. The van der Waals surface area contributed by atoms with E-state index >= 15 is 4.79 Å². The lowest BCUT2D eigenvalue weighted by molar-refractivity contribution is -0.136. The molecule has 0 spiro atoms. The minimum Gasteiger partial charge on any atom is -0.370 e. The van der Waals surface area contributed by atoms with Gasteiger partial charge in [0.15, 0.2) is 0 Å². The molecule has 0 bridgehead atoms. The average molecular weight is 1160 g/mol. The molecule has 1 saturated carbocycles. The van der Waals surface area contributed by atoms with Crippen LogP contribution in [0.15, 0.2) is 120 Å². The van der Waals surface area contributed by atoms with Crippen LogP contribution in [0, 0.1) is 11.8 Å². The molecule has 5 aromatic carbocycles. The molecule has 1 unspecified atom stereocenters. The molecule has 11 rings (SSSR count). The normalized spacial score (nSPS) is 20.1. The Bertz CT molecular complexity index is 3880. The quantitative estimate of drug-likeness (QED) is 0.0398. The number of primary amides is 1. The fourth-order valence-electron chi connectivity index (χ4n) is 12.8. The molecule has 7 amide bonds. The van der Waals surface area contributed by atoms with Gasteiger partial charge >= 0.3 is 13.3 Å². The summed E-state index contributed by atoms with van der Waals surface area (Å²) in [5, 5.41) is 11.5. The maximum Gasteiger partial charge on any atom is 0.396 e. The molecular formula is C62H64N9O12P. The molecule has 2 fully saturated rings. The van der Waals surface area contributed by atoms with Crippen LogP contribution in [0.2, 0.25) is 0 Å². The molecule has 5 heterocycles. The van der Waals surface area contributed by atoms with E-state index < -0.39 is 78.8 Å². The average Bonchev–Trinajstić information content (AvgIpc) is 3.12. The van der Waals surface area contributed by atoms with Crippen LogP contribution < -0.4 is 37.6 Å². The second-order valence-corrected chi connectivity index (χ2v) is 24.2. The lowest BCUT2D eigenvalue weighted by Gasteiger charge is -2.30. The molecule has 22 heteroatoms. The third kappa shape index (κ3) is 11.8. The van der Waals surface area contributed by atoms with Crippen molar-refractivity contribution in [3.8, 4) is 0 Å². The smallest absolute Gasteiger partial charge is 0.370 e. The lowest BCUT2D eigenvalue weighted by Crippen LogP contribution is -2.57. The number of amides is 7. The van der Waals surface area contributed by atoms with Crippen molar-refractivity contribution in [3.63, 3.8) is 0 Å². The number of hydrogen-bond acceptors (Lipinski definition) is 10. The van der Waals surface area contributed by atoms with Gasteiger partial charge < -0.3 is 36.5 Å². The molecule has 3 aliphatic heterocycles. The van der Waals surface area contributed by atoms with Crippen LogP contribution in [-0.4, -0.2) is 88.9 Å². The van der Waals surface area contributed by atoms with Gasteiger partial charge in [0.1, 0.15) is 29.9 Å². The molecule has 1 saturated heterocycles. The number of aromatic amines is 1. The molecule has 1 aliphatic carbocycles. The summed E-state index contributed by atoms with van der Waals surface area (Å²) >= 11 is 0. The fourth-order valence-corrected chi connectivity index (χ4v) is 13.3. The number of aryl methyl sites for hydroxylation is 2. The van der Waals surface area contributed by atoms with Gasteiger partial charge in [-0.2, -0.15) is 0 Å². The summed E-state index contributed by atoms with van der Waals surface area (Å²) in [5.74, 6) is -3.25. The number of carbonyl (C=O) groups excluding carboxylic acids is 8. The molecular weight excluding hydrogens is 1090 g/mol. The van der Waals surface area contributed by atoms with E-state index in [1.807, 2.05) is 78.9 Å². The largest absolute Gasteiger partial charge is 0.396 e. The van der Waals surface area contributed by atoms with Gasteiger partial charge in [-0.1, -0.05) is 78.9 Å². The first-order valence-electron chi connectivity index (χ1n) is 28.3. The zero-order chi connectivity index (χ0) is 59.1. The number of hydrogen-bond donors (Lipinski definition) is 8. The standard InChI is InChI=1S/C62H64N9O12P/c1-69-50-30-36(16-22-48(50)70(62(69)80)49-23-25-53(73)67-58(49)76)26-34-12-14-35(15-13-34)27-37-28-40-17-20-46(66-57(75)47-32-42-31-41(18-19-44(42)64-47)61(79)84(81,82)83)60(78)71-51(33-43(29-37)55(40)71)59(77)65-45(21-24-52(63)72)56(74)68-54(38-8-4-2-5-9-38)39-10-6-3-7-11-39/h2-11,16,18-19,22,28-32,34-35,45-46,49,51,54,64H,12-15,17,20-21,23-27,33H2,1H3,(H2,63,72)(H,65,77)(H,66,75)(H,68,74)(H,67,73,76)(H2,81,82,83)/t34?,35?,45-,46-,49?,51-/m0/s1. The van der Waals surface area contributed by atoms with Crippen molar-refractivity contribution in [3.05, 3.63) is 170 Å². The molecule has 9 N–H and O–H groups in total. The number of nitrogens with zero attached hydrogens (tertiary/aromatic N) is 3. The third-order valence-corrected chi connectivity index (χ3v) is 17.9. The number of imidazole rings is 1. The summed E-state index contributed by atoms with van der Waals surface area (Å²) in [5.41, 5.74) is 11.3. The Morgan fingerprint density at radius 1 is 0.738 bits per heavy atom. The maximum atomic E-state index is 15.1. The lowest BCUT2D eigenvalue weighted by atomic mass is 9.77. The van der Waals surface area contributed by atoms with Gasteiger partial charge in [0.25, 0.3) is 11.4 Å². The topological polar surface area (TPSA) is 314 Å². The SMILES string of the molecule is Cn1c(=O)n(C2CCC(=O)NC2=O)c2ccc(CC3CCC(Cc4cc5c6c(c4)C[C@@H](C(=O)N[C@@H](CCC(N)=O)C(=O)NC(c4ccccc4)c4ccccc4)N6C(=O)[C@@H](NC(=O)c4cc6cc(C(=O)P(=O)(O)O)ccc6[nH]4)CC5)CC3)cc21. The van der Waals surface area contributed by atoms with Crippen molar-refractivity contribution in [1.82, 2.24) is 35.4 Å². The molecule has 21 nitrogen and oxygen atoms in total. The fraction of sp³-hybridized carbons (Fsp3) is 0.339. The highest BCUT2D eigenvalue weighted by molar-refractivity contribution is 7.70. The highest BCUT2D eigenvalue weighted by Gasteiger charge is 2.46. The number of piperidine rings is 1. The minimum atomic E-state index is -5.09. The van der Waals surface area contributed by atoms with Crippen LogP contribution in [0.1, 0.15) is 124 Å². The Balaban J connectivity index is 0.832. The number of nitrogens with two attached hydrogens (primary N) is 1. The van der Waals surface area contributed by atoms with Crippen molar-refractivity contribution in [2.45, 2.75) is 114 Å². The van der Waals surface area contributed by atoms with Crippen molar-refractivity contribution >= 4 is 82.1 Å². The number of H-pyrrole nitrogens is 1. The van der Waals surface area contributed by atoms with E-state index in [1.165, 1.54) is 33.7 Å². The first-order valence-corrected chi connectivity index (χ1v) is 29.9. The van der Waals surface area contributed by atoms with E-state index in [4.69, 9.17) is 5.73 Å². The van der Waals surface area contributed by atoms with Gasteiger partial charge in [-0.15, -0.1) is 0 Å². The van der Waals surface area contributed by atoms with Gasteiger partial charge in [-0.05, 0) is 146 Å². The highest BCUT2D eigenvalue weighted by atomic mass is 31.2. The van der Waals surface area contributed by atoms with E-state index in [0.717, 1.165) is 77.4 Å². The summed E-state index contributed by atoms with van der Waals surface area (Å²) in [6.07, 6.45) is 6.02. The Morgan fingerprint density at radius 2 is 1.40 bits per heavy atom. The monoisotopic (exact) mass is 1160 g/mol. The van der Waals surface area contributed by atoms with Gasteiger partial charge in [0.05, 0.1) is 22.8 Å². The maximum absolute atomic E-state index is 15.1. The Hall–Kier alpha value is -8.78. The molecule has 4 atom stereocenters. The van der Waals surface area contributed by atoms with Crippen LogP contribution in [-0.2, 0) is 66.1 Å². The number of rotatable bonds is 18. The Kier molecular flexibility index (Phi) is 15.9. The number of nitrogens with one attached hydrogen (secondary N) is 5. The molecule has 2 aromatic heterocycles. The van der Waals surface area contributed by atoms with Crippen molar-refractivity contribution in [2.24, 2.45) is 24.6 Å².